The predicted molar refractivity (Wildman–Crippen MR) is 113 cm³/mol. The van der Waals surface area contributed by atoms with E-state index in [-0.39, 0.29) is 16.9 Å². The Balaban J connectivity index is 1.72. The van der Waals surface area contributed by atoms with Gasteiger partial charge in [-0.3, -0.25) is 4.79 Å². The summed E-state index contributed by atoms with van der Waals surface area (Å²) in [4.78, 5) is 14.8. The first-order chi connectivity index (χ1) is 13.9. The lowest BCUT2D eigenvalue weighted by atomic mass is 10.2. The van der Waals surface area contributed by atoms with Gasteiger partial charge in [-0.05, 0) is 30.3 Å². The second kappa shape index (κ2) is 9.15. The fourth-order valence-corrected chi connectivity index (χ4v) is 5.10. The average Bonchev–Trinajstić information content (AvgIpc) is 3.18. The number of para-hydroxylation sites is 1. The molecule has 1 aliphatic heterocycles. The zero-order valence-electron chi connectivity index (χ0n) is 16.5. The van der Waals surface area contributed by atoms with Crippen molar-refractivity contribution in [3.63, 3.8) is 0 Å². The minimum atomic E-state index is -3.61. The van der Waals surface area contributed by atoms with Crippen LogP contribution in [0, 0.1) is 0 Å². The summed E-state index contributed by atoms with van der Waals surface area (Å²) >= 11 is 6.14. The van der Waals surface area contributed by atoms with E-state index >= 15 is 0 Å². The number of carbonyl (C=O) groups excluding carboxylic acids is 1. The molecule has 2 aromatic rings. The van der Waals surface area contributed by atoms with Crippen molar-refractivity contribution < 1.29 is 17.9 Å². The Kier molecular flexibility index (Phi) is 6.82. The van der Waals surface area contributed by atoms with E-state index in [1.807, 2.05) is 12.1 Å². The van der Waals surface area contributed by atoms with Crippen LogP contribution in [-0.4, -0.2) is 55.8 Å². The van der Waals surface area contributed by atoms with Gasteiger partial charge in [-0.25, -0.2) is 8.42 Å². The van der Waals surface area contributed by atoms with Gasteiger partial charge < -0.3 is 9.64 Å². The first-order valence-electron chi connectivity index (χ1n) is 9.67. The molecular formula is C21H25ClN2O4S. The van der Waals surface area contributed by atoms with Crippen LogP contribution in [0.15, 0.2) is 53.4 Å². The Hall–Kier alpha value is -2.09. The van der Waals surface area contributed by atoms with Gasteiger partial charge in [-0.15, -0.1) is 0 Å². The summed E-state index contributed by atoms with van der Waals surface area (Å²) < 4.78 is 32.8. The molecule has 2 aromatic carbocycles. The summed E-state index contributed by atoms with van der Waals surface area (Å²) in [6.07, 6.45) is 0.537. The van der Waals surface area contributed by atoms with Gasteiger partial charge in [0.05, 0.1) is 16.5 Å². The summed E-state index contributed by atoms with van der Waals surface area (Å²) in [7, 11) is -3.61. The maximum Gasteiger partial charge on any atom is 0.254 e. The second-order valence-electron chi connectivity index (χ2n) is 6.83. The molecule has 0 aromatic heterocycles. The molecule has 1 saturated heterocycles. The molecule has 0 N–H and O–H groups in total. The number of carbonyl (C=O) groups is 1. The summed E-state index contributed by atoms with van der Waals surface area (Å²) in [5.74, 6) is 0.396. The fraction of sp³-hybridized carbons (Fsp3) is 0.381. The molecule has 29 heavy (non-hydrogen) atoms. The lowest BCUT2D eigenvalue weighted by Crippen LogP contribution is -2.32. The monoisotopic (exact) mass is 436 g/mol. The molecule has 1 atom stereocenters. The van der Waals surface area contributed by atoms with Crippen molar-refractivity contribution >= 4 is 27.5 Å². The standard InChI is InChI=1S/C21H25ClN2O4S/c1-3-24(4-2)29(26,27)18-9-7-8-16(14-18)21(25)23-13-12-17(15-23)28-20-11-6-5-10-19(20)22/h5-11,14,17H,3-4,12-13,15H2,1-2H3. The van der Waals surface area contributed by atoms with Crippen molar-refractivity contribution in [1.29, 1.82) is 0 Å². The third-order valence-electron chi connectivity index (χ3n) is 4.99. The molecule has 6 nitrogen and oxygen atoms in total. The molecule has 0 bridgehead atoms. The predicted octanol–water partition coefficient (Wildman–Crippen LogP) is 3.66. The largest absolute Gasteiger partial charge is 0.487 e. The molecule has 0 aliphatic carbocycles. The van der Waals surface area contributed by atoms with Gasteiger partial charge >= 0.3 is 0 Å². The molecule has 0 radical (unpaired) electrons. The van der Waals surface area contributed by atoms with Crippen LogP contribution < -0.4 is 4.74 Å². The molecule has 8 heteroatoms. The quantitative estimate of drug-likeness (QED) is 0.664. The first-order valence-corrected chi connectivity index (χ1v) is 11.5. The van der Waals surface area contributed by atoms with Crippen LogP contribution in [0.5, 0.6) is 5.75 Å². The van der Waals surface area contributed by atoms with Gasteiger partial charge in [-0.1, -0.05) is 43.6 Å². The highest BCUT2D eigenvalue weighted by Gasteiger charge is 2.30. The maximum atomic E-state index is 12.9. The molecule has 1 fully saturated rings. The minimum absolute atomic E-state index is 0.134. The van der Waals surface area contributed by atoms with Crippen molar-refractivity contribution in [2.45, 2.75) is 31.3 Å². The Bertz CT molecular complexity index is 976. The van der Waals surface area contributed by atoms with Crippen molar-refractivity contribution in [3.8, 4) is 5.75 Å². The van der Waals surface area contributed by atoms with Gasteiger partial charge in [-0.2, -0.15) is 4.31 Å². The molecular weight excluding hydrogens is 412 g/mol. The molecule has 0 spiro atoms. The molecule has 0 saturated carbocycles. The van der Waals surface area contributed by atoms with Gasteiger partial charge in [0.15, 0.2) is 0 Å². The Morgan fingerprint density at radius 2 is 1.90 bits per heavy atom. The van der Waals surface area contributed by atoms with E-state index in [4.69, 9.17) is 16.3 Å². The molecule has 156 valence electrons. The number of sulfonamides is 1. The van der Waals surface area contributed by atoms with Crippen LogP contribution in [0.1, 0.15) is 30.6 Å². The van der Waals surface area contributed by atoms with Crippen LogP contribution in [0.25, 0.3) is 0 Å². The van der Waals surface area contributed by atoms with Gasteiger partial charge in [0, 0.05) is 31.6 Å². The molecule has 1 unspecified atom stereocenters. The maximum absolute atomic E-state index is 12.9. The van der Waals surface area contributed by atoms with Crippen LogP contribution in [0.3, 0.4) is 0 Å². The number of hydrogen-bond donors (Lipinski definition) is 0. The van der Waals surface area contributed by atoms with E-state index in [1.165, 1.54) is 16.4 Å². The number of halogens is 1. The van der Waals surface area contributed by atoms with Crippen LogP contribution in [0.4, 0.5) is 0 Å². The Morgan fingerprint density at radius 3 is 2.59 bits per heavy atom. The van der Waals surface area contributed by atoms with E-state index in [2.05, 4.69) is 0 Å². The van der Waals surface area contributed by atoms with Crippen LogP contribution >= 0.6 is 11.6 Å². The van der Waals surface area contributed by atoms with E-state index in [9.17, 15) is 13.2 Å². The molecule has 1 aliphatic rings. The number of rotatable bonds is 7. The normalized spacial score (nSPS) is 17.0. The van der Waals surface area contributed by atoms with E-state index in [0.29, 0.717) is 48.9 Å². The highest BCUT2D eigenvalue weighted by atomic mass is 35.5. The van der Waals surface area contributed by atoms with Gasteiger partial charge in [0.25, 0.3) is 5.91 Å². The van der Waals surface area contributed by atoms with E-state index < -0.39 is 10.0 Å². The zero-order valence-corrected chi connectivity index (χ0v) is 18.1. The highest BCUT2D eigenvalue weighted by molar-refractivity contribution is 7.89. The molecule has 1 amide bonds. The Morgan fingerprint density at radius 1 is 1.17 bits per heavy atom. The lowest BCUT2D eigenvalue weighted by molar-refractivity contribution is 0.0772. The topological polar surface area (TPSA) is 66.9 Å². The summed E-state index contributed by atoms with van der Waals surface area (Å²) in [6.45, 7) is 5.31. The number of hydrogen-bond acceptors (Lipinski definition) is 4. The smallest absolute Gasteiger partial charge is 0.254 e. The van der Waals surface area contributed by atoms with Crippen molar-refractivity contribution in [1.82, 2.24) is 9.21 Å². The van der Waals surface area contributed by atoms with Crippen molar-refractivity contribution in [3.05, 3.63) is 59.1 Å². The number of ether oxygens (including phenoxy) is 1. The summed E-state index contributed by atoms with van der Waals surface area (Å²) in [5, 5.41) is 0.534. The summed E-state index contributed by atoms with van der Waals surface area (Å²) in [6, 6.07) is 13.5. The van der Waals surface area contributed by atoms with Crippen molar-refractivity contribution in [2.75, 3.05) is 26.2 Å². The number of nitrogens with zero attached hydrogens (tertiary/aromatic N) is 2. The van der Waals surface area contributed by atoms with Crippen molar-refractivity contribution in [2.24, 2.45) is 0 Å². The minimum Gasteiger partial charge on any atom is -0.487 e. The fourth-order valence-electron chi connectivity index (χ4n) is 3.41. The SMILES string of the molecule is CCN(CC)S(=O)(=O)c1cccc(C(=O)N2CCC(Oc3ccccc3Cl)C2)c1. The third kappa shape index (κ3) is 4.74. The number of likely N-dealkylation sites (tertiary alicyclic amines) is 1. The number of amides is 1. The van der Waals surface area contributed by atoms with E-state index in [0.717, 1.165) is 0 Å². The van der Waals surface area contributed by atoms with Gasteiger partial charge in [0.2, 0.25) is 10.0 Å². The highest BCUT2D eigenvalue weighted by Crippen LogP contribution is 2.27. The van der Waals surface area contributed by atoms with Gasteiger partial charge in [0.1, 0.15) is 11.9 Å². The van der Waals surface area contributed by atoms with Crippen LogP contribution in [0.2, 0.25) is 5.02 Å². The zero-order chi connectivity index (χ0) is 21.0. The Labute approximate surface area is 177 Å². The molecule has 3 rings (SSSR count). The third-order valence-corrected chi connectivity index (χ3v) is 7.34. The van der Waals surface area contributed by atoms with E-state index in [1.54, 1.807) is 43.0 Å². The van der Waals surface area contributed by atoms with Crippen LogP contribution in [-0.2, 0) is 10.0 Å². The second-order valence-corrected chi connectivity index (χ2v) is 9.17. The summed E-state index contributed by atoms with van der Waals surface area (Å²) in [5.41, 5.74) is 0.358. The lowest BCUT2D eigenvalue weighted by Gasteiger charge is -2.20. The first kappa shape index (κ1) is 21.6. The average molecular weight is 437 g/mol. The molecule has 1 heterocycles. The number of benzene rings is 2.